The van der Waals surface area contributed by atoms with Gasteiger partial charge in [0.1, 0.15) is 0 Å². The average Bonchev–Trinajstić information content (AvgIpc) is 2.72. The quantitative estimate of drug-likeness (QED) is 0.654. The molecule has 0 spiro atoms. The molecule has 2 rings (SSSR count). The first-order chi connectivity index (χ1) is 8.22. The number of benzene rings is 1. The molecule has 0 bridgehead atoms. The van der Waals surface area contributed by atoms with E-state index in [1.165, 1.54) is 0 Å². The van der Waals surface area contributed by atoms with E-state index in [1.54, 1.807) is 18.5 Å². The van der Waals surface area contributed by atoms with E-state index in [4.69, 9.17) is 17.3 Å². The van der Waals surface area contributed by atoms with Crippen LogP contribution in [0.4, 0.5) is 0 Å². The molecule has 4 nitrogen and oxygen atoms in total. The largest absolute Gasteiger partial charge is 0.366 e. The van der Waals surface area contributed by atoms with Crippen LogP contribution >= 0.6 is 11.6 Å². The Labute approximate surface area is 104 Å². The predicted octanol–water partition coefficient (Wildman–Crippen LogP) is 2.15. The van der Waals surface area contributed by atoms with Crippen LogP contribution in [0.25, 0.3) is 11.0 Å². The maximum Gasteiger partial charge on any atom is 0.248 e. The van der Waals surface area contributed by atoms with E-state index in [2.05, 4.69) is 9.55 Å². The van der Waals surface area contributed by atoms with Gasteiger partial charge < -0.3 is 10.3 Å². The van der Waals surface area contributed by atoms with Crippen LogP contribution in [0.15, 0.2) is 24.5 Å². The van der Waals surface area contributed by atoms with Crippen LogP contribution in [0.5, 0.6) is 0 Å². The summed E-state index contributed by atoms with van der Waals surface area (Å²) >= 11 is 5.64. The highest BCUT2D eigenvalue weighted by Gasteiger charge is 2.06. The minimum Gasteiger partial charge on any atom is -0.366 e. The first kappa shape index (κ1) is 11.9. The summed E-state index contributed by atoms with van der Waals surface area (Å²) in [4.78, 5) is 15.3. The summed E-state index contributed by atoms with van der Waals surface area (Å²) in [6.07, 6.45) is 3.79. The molecule has 1 aromatic heterocycles. The molecular formula is C12H14ClN3O. The number of fused-ring (bicyclic) bond motifs is 1. The fraction of sp³-hybridized carbons (Fsp3) is 0.333. The van der Waals surface area contributed by atoms with E-state index >= 15 is 0 Å². The van der Waals surface area contributed by atoms with Crippen molar-refractivity contribution in [1.29, 1.82) is 0 Å². The van der Waals surface area contributed by atoms with Gasteiger partial charge in [0.2, 0.25) is 5.91 Å². The maximum atomic E-state index is 11.0. The number of carbonyl (C=O) groups excluding carboxylic acids is 1. The Kier molecular flexibility index (Phi) is 3.64. The molecule has 1 heterocycles. The summed E-state index contributed by atoms with van der Waals surface area (Å²) < 4.78 is 2.06. The lowest BCUT2D eigenvalue weighted by molar-refractivity contribution is 0.100. The molecule has 1 amide bonds. The highest BCUT2D eigenvalue weighted by atomic mass is 35.5. The van der Waals surface area contributed by atoms with E-state index in [9.17, 15) is 4.79 Å². The van der Waals surface area contributed by atoms with E-state index < -0.39 is 5.91 Å². The minimum atomic E-state index is -0.427. The second-order valence-electron chi connectivity index (χ2n) is 3.90. The molecule has 2 aromatic rings. The summed E-state index contributed by atoms with van der Waals surface area (Å²) in [5.74, 6) is 0.252. The molecule has 17 heavy (non-hydrogen) atoms. The normalized spacial score (nSPS) is 10.9. The van der Waals surface area contributed by atoms with Gasteiger partial charge >= 0.3 is 0 Å². The van der Waals surface area contributed by atoms with Gasteiger partial charge in [-0.1, -0.05) is 0 Å². The lowest BCUT2D eigenvalue weighted by atomic mass is 10.2. The maximum absolute atomic E-state index is 11.0. The zero-order chi connectivity index (χ0) is 12.3. The summed E-state index contributed by atoms with van der Waals surface area (Å²) in [6.45, 7) is 0.888. The first-order valence-electron chi connectivity index (χ1n) is 5.53. The van der Waals surface area contributed by atoms with E-state index in [-0.39, 0.29) is 0 Å². The van der Waals surface area contributed by atoms with E-state index in [1.807, 2.05) is 6.07 Å². The van der Waals surface area contributed by atoms with Gasteiger partial charge in [-0.25, -0.2) is 4.98 Å². The third-order valence-electron chi connectivity index (χ3n) is 2.69. The van der Waals surface area contributed by atoms with Crippen molar-refractivity contribution in [2.24, 2.45) is 5.73 Å². The molecule has 0 atom stereocenters. The number of nitrogens with zero attached hydrogens (tertiary/aromatic N) is 2. The lowest BCUT2D eigenvalue weighted by Crippen LogP contribution is -2.10. The Morgan fingerprint density at radius 1 is 1.41 bits per heavy atom. The fourth-order valence-corrected chi connectivity index (χ4v) is 1.96. The molecule has 0 saturated heterocycles. The van der Waals surface area contributed by atoms with Gasteiger partial charge in [0, 0.05) is 18.0 Å². The van der Waals surface area contributed by atoms with Crippen LogP contribution < -0.4 is 5.73 Å². The number of unbranched alkanes of at least 4 members (excludes halogenated alkanes) is 1. The highest BCUT2D eigenvalue weighted by Crippen LogP contribution is 2.15. The Morgan fingerprint density at radius 3 is 2.94 bits per heavy atom. The number of alkyl halides is 1. The van der Waals surface area contributed by atoms with Gasteiger partial charge in [-0.2, -0.15) is 0 Å². The zero-order valence-electron chi connectivity index (χ0n) is 9.40. The second kappa shape index (κ2) is 5.19. The topological polar surface area (TPSA) is 60.9 Å². The Balaban J connectivity index is 2.25. The Hall–Kier alpha value is -1.55. The van der Waals surface area contributed by atoms with Crippen molar-refractivity contribution in [2.75, 3.05) is 5.88 Å². The molecule has 0 saturated carbocycles. The van der Waals surface area contributed by atoms with Crippen LogP contribution in [-0.2, 0) is 6.54 Å². The third kappa shape index (κ3) is 2.58. The molecule has 1 aromatic carbocycles. The molecular weight excluding hydrogens is 238 g/mol. The van der Waals surface area contributed by atoms with Crippen molar-refractivity contribution >= 4 is 28.5 Å². The number of hydrogen-bond donors (Lipinski definition) is 1. The predicted molar refractivity (Wildman–Crippen MR) is 68.2 cm³/mol. The molecule has 0 aliphatic carbocycles. The number of nitrogens with two attached hydrogens (primary N) is 1. The number of amides is 1. The molecule has 90 valence electrons. The van der Waals surface area contributed by atoms with Crippen LogP contribution in [0, 0.1) is 0 Å². The molecule has 2 N–H and O–H groups in total. The van der Waals surface area contributed by atoms with Crippen molar-refractivity contribution in [3.8, 4) is 0 Å². The van der Waals surface area contributed by atoms with Gasteiger partial charge in [0.15, 0.2) is 0 Å². The van der Waals surface area contributed by atoms with Crippen molar-refractivity contribution in [1.82, 2.24) is 9.55 Å². The summed E-state index contributed by atoms with van der Waals surface area (Å²) in [5, 5.41) is 0. The number of rotatable bonds is 5. The Bertz CT molecular complexity index is 536. The number of aryl methyl sites for hydroxylation is 1. The van der Waals surface area contributed by atoms with Crippen molar-refractivity contribution in [3.63, 3.8) is 0 Å². The van der Waals surface area contributed by atoms with E-state index in [0.29, 0.717) is 11.4 Å². The van der Waals surface area contributed by atoms with Crippen molar-refractivity contribution in [2.45, 2.75) is 19.4 Å². The molecule has 0 unspecified atom stereocenters. The van der Waals surface area contributed by atoms with Crippen LogP contribution in [0.2, 0.25) is 0 Å². The number of aromatic nitrogens is 2. The van der Waals surface area contributed by atoms with Gasteiger partial charge in [0.05, 0.1) is 17.4 Å². The molecule has 5 heteroatoms. The summed E-state index contributed by atoms with van der Waals surface area (Å²) in [6, 6.07) is 5.32. The Morgan fingerprint density at radius 2 is 2.24 bits per heavy atom. The molecule has 0 radical (unpaired) electrons. The van der Waals surface area contributed by atoms with Gasteiger partial charge in [-0.05, 0) is 31.0 Å². The van der Waals surface area contributed by atoms with Crippen molar-refractivity contribution < 1.29 is 4.79 Å². The van der Waals surface area contributed by atoms with Crippen LogP contribution in [0.3, 0.4) is 0 Å². The summed E-state index contributed by atoms with van der Waals surface area (Å²) in [5.41, 5.74) is 7.53. The fourth-order valence-electron chi connectivity index (χ4n) is 1.77. The smallest absolute Gasteiger partial charge is 0.248 e. The highest BCUT2D eigenvalue weighted by molar-refractivity contribution is 6.17. The number of imidazole rings is 1. The second-order valence-corrected chi connectivity index (χ2v) is 4.28. The number of primary amides is 1. The lowest BCUT2D eigenvalue weighted by Gasteiger charge is -2.03. The van der Waals surface area contributed by atoms with Crippen molar-refractivity contribution in [3.05, 3.63) is 30.1 Å². The minimum absolute atomic E-state index is 0.427. The van der Waals surface area contributed by atoms with Crippen LogP contribution in [-0.4, -0.2) is 21.3 Å². The monoisotopic (exact) mass is 251 g/mol. The number of halogens is 1. The number of carbonyl (C=O) groups is 1. The molecule has 0 fully saturated rings. The van der Waals surface area contributed by atoms with Gasteiger partial charge in [-0.15, -0.1) is 11.6 Å². The SMILES string of the molecule is NC(=O)c1ccc2c(c1)ncn2CCCCCl. The zero-order valence-corrected chi connectivity index (χ0v) is 10.2. The summed E-state index contributed by atoms with van der Waals surface area (Å²) in [7, 11) is 0. The molecule has 0 aliphatic rings. The standard InChI is InChI=1S/C12H14ClN3O/c13-5-1-2-6-16-8-15-10-7-9(12(14)17)3-4-11(10)16/h3-4,7-8H,1-2,5-6H2,(H2,14,17). The molecule has 0 aliphatic heterocycles. The van der Waals surface area contributed by atoms with Gasteiger partial charge in [0.25, 0.3) is 0 Å². The first-order valence-corrected chi connectivity index (χ1v) is 6.06. The van der Waals surface area contributed by atoms with Gasteiger partial charge in [-0.3, -0.25) is 4.79 Å². The number of hydrogen-bond acceptors (Lipinski definition) is 2. The third-order valence-corrected chi connectivity index (χ3v) is 2.96. The average molecular weight is 252 g/mol. The van der Waals surface area contributed by atoms with E-state index in [0.717, 1.165) is 30.4 Å². The van der Waals surface area contributed by atoms with Crippen LogP contribution in [0.1, 0.15) is 23.2 Å².